The predicted molar refractivity (Wildman–Crippen MR) is 73.2 cm³/mol. The van der Waals surface area contributed by atoms with E-state index >= 15 is 0 Å². The fourth-order valence-corrected chi connectivity index (χ4v) is 2.73. The number of nitriles is 1. The number of aromatic amines is 1. The van der Waals surface area contributed by atoms with E-state index < -0.39 is 10.0 Å². The Morgan fingerprint density at radius 3 is 2.65 bits per heavy atom. The molecule has 1 aromatic carbocycles. The summed E-state index contributed by atoms with van der Waals surface area (Å²) in [7, 11) is -3.51. The van der Waals surface area contributed by atoms with E-state index in [1.54, 1.807) is 24.7 Å². The van der Waals surface area contributed by atoms with Gasteiger partial charge in [0.25, 0.3) is 0 Å². The number of H-pyrrole nitrogens is 1. The molecule has 0 unspecified atom stereocenters. The summed E-state index contributed by atoms with van der Waals surface area (Å²) < 4.78 is 26.6. The van der Waals surface area contributed by atoms with Crippen molar-refractivity contribution >= 4 is 10.0 Å². The molecule has 0 fully saturated rings. The molecular weight excluding hydrogens is 276 g/mol. The van der Waals surface area contributed by atoms with Crippen molar-refractivity contribution in [2.75, 3.05) is 6.54 Å². The van der Waals surface area contributed by atoms with Crippen LogP contribution in [0.25, 0.3) is 0 Å². The molecule has 2 aromatic rings. The molecule has 1 aromatic heterocycles. The van der Waals surface area contributed by atoms with Crippen LogP contribution in [0.2, 0.25) is 0 Å². The molecule has 0 aliphatic rings. The van der Waals surface area contributed by atoms with Crippen molar-refractivity contribution in [2.45, 2.75) is 17.7 Å². The first kappa shape index (κ1) is 14.2. The standard InChI is InChI=1S/C13H14N4O2S/c14-7-5-11-1-3-13(4-2-11)20(18,19)17-8-6-12-9-15-10-16-12/h1-4,9-10,17H,5-6,8H2,(H,15,16). The first-order valence-corrected chi connectivity index (χ1v) is 7.53. The third-order valence-electron chi connectivity index (χ3n) is 2.76. The van der Waals surface area contributed by atoms with Gasteiger partial charge in [-0.15, -0.1) is 0 Å². The summed E-state index contributed by atoms with van der Waals surface area (Å²) in [6.07, 6.45) is 4.03. The third-order valence-corrected chi connectivity index (χ3v) is 4.24. The Hall–Kier alpha value is -2.17. The maximum atomic E-state index is 12.0. The minimum atomic E-state index is -3.51. The summed E-state index contributed by atoms with van der Waals surface area (Å²) in [6.45, 7) is 0.296. The average molecular weight is 290 g/mol. The molecule has 104 valence electrons. The van der Waals surface area contributed by atoms with Gasteiger partial charge in [0, 0.05) is 24.9 Å². The molecular formula is C13H14N4O2S. The maximum Gasteiger partial charge on any atom is 0.240 e. The summed E-state index contributed by atoms with van der Waals surface area (Å²) in [5.74, 6) is 0. The van der Waals surface area contributed by atoms with E-state index in [0.717, 1.165) is 11.3 Å². The highest BCUT2D eigenvalue weighted by molar-refractivity contribution is 7.89. The number of benzene rings is 1. The first-order chi connectivity index (χ1) is 9.62. The molecule has 20 heavy (non-hydrogen) atoms. The molecule has 0 atom stereocenters. The molecule has 2 N–H and O–H groups in total. The van der Waals surface area contributed by atoms with E-state index in [1.165, 1.54) is 12.1 Å². The minimum absolute atomic E-state index is 0.198. The van der Waals surface area contributed by atoms with E-state index in [4.69, 9.17) is 5.26 Å². The van der Waals surface area contributed by atoms with Gasteiger partial charge in [0.1, 0.15) is 0 Å². The highest BCUT2D eigenvalue weighted by Gasteiger charge is 2.13. The van der Waals surface area contributed by atoms with Crippen LogP contribution in [0.4, 0.5) is 0 Å². The van der Waals surface area contributed by atoms with Crippen molar-refractivity contribution in [3.8, 4) is 6.07 Å². The van der Waals surface area contributed by atoms with Crippen LogP contribution in [0, 0.1) is 11.3 Å². The normalized spacial score (nSPS) is 11.2. The second kappa shape index (κ2) is 6.32. The highest BCUT2D eigenvalue weighted by Crippen LogP contribution is 2.10. The van der Waals surface area contributed by atoms with Gasteiger partial charge in [0.15, 0.2) is 0 Å². The van der Waals surface area contributed by atoms with Crippen LogP contribution in [0.15, 0.2) is 41.7 Å². The van der Waals surface area contributed by atoms with Gasteiger partial charge >= 0.3 is 0 Å². The lowest BCUT2D eigenvalue weighted by molar-refractivity contribution is 0.581. The van der Waals surface area contributed by atoms with E-state index in [1.807, 2.05) is 6.07 Å². The highest BCUT2D eigenvalue weighted by atomic mass is 32.2. The Labute approximate surface area is 117 Å². The summed E-state index contributed by atoms with van der Waals surface area (Å²) in [5, 5.41) is 8.57. The Bertz CT molecular complexity index is 685. The molecule has 1 heterocycles. The number of hydrogen-bond acceptors (Lipinski definition) is 4. The van der Waals surface area contributed by atoms with Crippen LogP contribution >= 0.6 is 0 Å². The lowest BCUT2D eigenvalue weighted by atomic mass is 10.2. The van der Waals surface area contributed by atoms with Gasteiger partial charge in [-0.2, -0.15) is 5.26 Å². The summed E-state index contributed by atoms with van der Waals surface area (Å²) in [4.78, 5) is 6.97. The second-order valence-corrected chi connectivity index (χ2v) is 5.97. The summed E-state index contributed by atoms with van der Waals surface area (Å²) in [6, 6.07) is 8.32. The van der Waals surface area contributed by atoms with Crippen molar-refractivity contribution in [1.29, 1.82) is 5.26 Å². The van der Waals surface area contributed by atoms with Crippen LogP contribution in [0.5, 0.6) is 0 Å². The molecule has 0 amide bonds. The molecule has 7 heteroatoms. The minimum Gasteiger partial charge on any atom is -0.348 e. The van der Waals surface area contributed by atoms with Gasteiger partial charge in [-0.25, -0.2) is 18.1 Å². The van der Waals surface area contributed by atoms with Crippen LogP contribution in [0.1, 0.15) is 11.3 Å². The molecule has 0 radical (unpaired) electrons. The van der Waals surface area contributed by atoms with Crippen molar-refractivity contribution in [3.63, 3.8) is 0 Å². The summed E-state index contributed by atoms with van der Waals surface area (Å²) in [5.41, 5.74) is 1.67. The van der Waals surface area contributed by atoms with Gasteiger partial charge in [-0.3, -0.25) is 0 Å². The predicted octanol–water partition coefficient (Wildman–Crippen LogP) is 0.997. The number of rotatable bonds is 6. The SMILES string of the molecule is N#CCc1ccc(S(=O)(=O)NCCc2cnc[nH]2)cc1. The monoisotopic (exact) mass is 290 g/mol. The van der Waals surface area contributed by atoms with Crippen LogP contribution in [0.3, 0.4) is 0 Å². The number of nitrogens with zero attached hydrogens (tertiary/aromatic N) is 2. The molecule has 0 aliphatic carbocycles. The summed E-state index contributed by atoms with van der Waals surface area (Å²) >= 11 is 0. The number of hydrogen-bond donors (Lipinski definition) is 2. The second-order valence-electron chi connectivity index (χ2n) is 4.20. The van der Waals surface area contributed by atoms with Crippen LogP contribution in [-0.2, 0) is 22.9 Å². The lowest BCUT2D eigenvalue weighted by Crippen LogP contribution is -2.26. The zero-order valence-electron chi connectivity index (χ0n) is 10.7. The Morgan fingerprint density at radius 2 is 2.05 bits per heavy atom. The van der Waals surface area contributed by atoms with Gasteiger partial charge in [-0.05, 0) is 17.7 Å². The zero-order valence-corrected chi connectivity index (χ0v) is 11.5. The topological polar surface area (TPSA) is 98.6 Å². The van der Waals surface area contributed by atoms with Crippen molar-refractivity contribution in [3.05, 3.63) is 48.0 Å². The van der Waals surface area contributed by atoms with Gasteiger partial charge < -0.3 is 4.98 Å². The fourth-order valence-electron chi connectivity index (χ4n) is 1.70. The zero-order chi connectivity index (χ0) is 14.4. The third kappa shape index (κ3) is 3.66. The van der Waals surface area contributed by atoms with Crippen molar-refractivity contribution in [2.24, 2.45) is 0 Å². The van der Waals surface area contributed by atoms with E-state index in [9.17, 15) is 8.42 Å². The molecule has 0 bridgehead atoms. The smallest absolute Gasteiger partial charge is 0.240 e. The molecule has 0 spiro atoms. The Balaban J connectivity index is 1.97. The number of nitrogens with one attached hydrogen (secondary N) is 2. The van der Waals surface area contributed by atoms with Gasteiger partial charge in [0.2, 0.25) is 10.0 Å². The molecule has 0 aliphatic heterocycles. The van der Waals surface area contributed by atoms with Gasteiger partial charge in [0.05, 0.1) is 23.7 Å². The average Bonchev–Trinajstić information content (AvgIpc) is 2.93. The Morgan fingerprint density at radius 1 is 1.30 bits per heavy atom. The molecule has 2 rings (SSSR count). The quantitative estimate of drug-likeness (QED) is 0.829. The maximum absolute atomic E-state index is 12.0. The van der Waals surface area contributed by atoms with Crippen molar-refractivity contribution < 1.29 is 8.42 Å². The Kier molecular flexibility index (Phi) is 4.50. The fraction of sp³-hybridized carbons (Fsp3) is 0.231. The number of aromatic nitrogens is 2. The van der Waals surface area contributed by atoms with Gasteiger partial charge in [-0.1, -0.05) is 12.1 Å². The largest absolute Gasteiger partial charge is 0.348 e. The van der Waals surface area contributed by atoms with E-state index in [-0.39, 0.29) is 11.3 Å². The number of imidazole rings is 1. The van der Waals surface area contributed by atoms with Crippen LogP contribution < -0.4 is 4.72 Å². The van der Waals surface area contributed by atoms with E-state index in [0.29, 0.717) is 13.0 Å². The molecule has 0 saturated heterocycles. The molecule has 0 saturated carbocycles. The first-order valence-electron chi connectivity index (χ1n) is 6.04. The molecule has 6 nitrogen and oxygen atoms in total. The van der Waals surface area contributed by atoms with E-state index in [2.05, 4.69) is 14.7 Å². The van der Waals surface area contributed by atoms with Crippen LogP contribution in [-0.4, -0.2) is 24.9 Å². The van der Waals surface area contributed by atoms with Crippen molar-refractivity contribution in [1.82, 2.24) is 14.7 Å². The lowest BCUT2D eigenvalue weighted by Gasteiger charge is -2.06. The number of sulfonamides is 1.